The molecule has 40 heavy (non-hydrogen) atoms. The van der Waals surface area contributed by atoms with Crippen LogP contribution in [0.15, 0.2) is 64.2 Å². The van der Waals surface area contributed by atoms with Crippen molar-refractivity contribution in [2.75, 3.05) is 6.54 Å². The number of fused-ring (bicyclic) bond motifs is 1. The highest BCUT2D eigenvalue weighted by Crippen LogP contribution is 2.30. The summed E-state index contributed by atoms with van der Waals surface area (Å²) in [6.45, 7) is 3.56. The normalized spacial score (nSPS) is 21.3. The number of carbonyl (C=O) groups excluding carboxylic acids is 2. The molecule has 0 unspecified atom stereocenters. The number of amides is 2. The molecule has 1 N–H and O–H groups in total. The van der Waals surface area contributed by atoms with Gasteiger partial charge in [0.2, 0.25) is 11.8 Å². The molecule has 1 saturated carbocycles. The number of nitrogens with zero attached hydrogens (tertiary/aromatic N) is 3. The van der Waals surface area contributed by atoms with Gasteiger partial charge in [-0.2, -0.15) is 0 Å². The standard InChI is InChI=1S/C32H40N4O4/c1-2-26-12-8-9-19-34(26)29(37)22-35-28-14-7-6-13-27(28)31(39)36(32(35)40)21-24-15-17-25(18-16-24)30(38)33-20-23-10-4-3-5-11-23/h3-7,10-11,13-14,24-26H,2,8-9,12,15-22H2,1H3,(H,33,38)/t24?,25?,26-/m0/s1. The lowest BCUT2D eigenvalue weighted by Gasteiger charge is -2.35. The Balaban J connectivity index is 1.30. The second kappa shape index (κ2) is 12.7. The minimum atomic E-state index is -0.426. The van der Waals surface area contributed by atoms with Gasteiger partial charge in [-0.25, -0.2) is 4.79 Å². The van der Waals surface area contributed by atoms with Gasteiger partial charge >= 0.3 is 5.69 Å². The van der Waals surface area contributed by atoms with Crippen molar-refractivity contribution < 1.29 is 9.59 Å². The van der Waals surface area contributed by atoms with Crippen LogP contribution in [0.5, 0.6) is 0 Å². The minimum absolute atomic E-state index is 0.0568. The van der Waals surface area contributed by atoms with Crippen molar-refractivity contribution in [2.24, 2.45) is 11.8 Å². The van der Waals surface area contributed by atoms with Gasteiger partial charge in [0.25, 0.3) is 5.56 Å². The third-order valence-corrected chi connectivity index (χ3v) is 8.81. The highest BCUT2D eigenvalue weighted by atomic mass is 16.2. The molecule has 8 nitrogen and oxygen atoms in total. The molecule has 1 atom stereocenters. The smallest absolute Gasteiger partial charge is 0.331 e. The summed E-state index contributed by atoms with van der Waals surface area (Å²) in [5.41, 5.74) is 0.840. The van der Waals surface area contributed by atoms with Crippen LogP contribution in [-0.2, 0) is 29.2 Å². The average Bonchev–Trinajstić information content (AvgIpc) is 3.00. The van der Waals surface area contributed by atoms with Gasteiger partial charge in [0.1, 0.15) is 6.54 Å². The van der Waals surface area contributed by atoms with E-state index in [2.05, 4.69) is 12.2 Å². The topological polar surface area (TPSA) is 93.4 Å². The van der Waals surface area contributed by atoms with E-state index in [1.54, 1.807) is 24.3 Å². The van der Waals surface area contributed by atoms with Crippen molar-refractivity contribution in [3.05, 3.63) is 81.0 Å². The number of rotatable bonds is 8. The van der Waals surface area contributed by atoms with E-state index in [9.17, 15) is 19.2 Å². The summed E-state index contributed by atoms with van der Waals surface area (Å²) in [5.74, 6) is 0.0687. The number of aromatic nitrogens is 2. The summed E-state index contributed by atoms with van der Waals surface area (Å²) in [4.78, 5) is 55.3. The number of benzene rings is 2. The van der Waals surface area contributed by atoms with Crippen molar-refractivity contribution in [3.8, 4) is 0 Å². The van der Waals surface area contributed by atoms with E-state index in [-0.39, 0.29) is 41.8 Å². The van der Waals surface area contributed by atoms with Crippen LogP contribution in [0.4, 0.5) is 0 Å². The van der Waals surface area contributed by atoms with E-state index in [0.29, 0.717) is 30.5 Å². The van der Waals surface area contributed by atoms with E-state index in [1.165, 1.54) is 9.13 Å². The molecular formula is C32H40N4O4. The Hall–Kier alpha value is -3.68. The van der Waals surface area contributed by atoms with Crippen LogP contribution in [0.25, 0.3) is 10.9 Å². The molecule has 5 rings (SSSR count). The van der Waals surface area contributed by atoms with Crippen molar-refractivity contribution >= 4 is 22.7 Å². The molecule has 2 heterocycles. The SMILES string of the molecule is CC[C@H]1CCCCN1C(=O)Cn1c(=O)n(CC2CCC(C(=O)NCc3ccccc3)CC2)c(=O)c2ccccc21. The maximum Gasteiger partial charge on any atom is 0.331 e. The molecule has 0 bridgehead atoms. The summed E-state index contributed by atoms with van der Waals surface area (Å²) in [5, 5.41) is 3.50. The number of likely N-dealkylation sites (tertiary alicyclic amines) is 1. The van der Waals surface area contributed by atoms with Crippen molar-refractivity contribution in [3.63, 3.8) is 0 Å². The first-order valence-electron chi connectivity index (χ1n) is 14.8. The first kappa shape index (κ1) is 27.9. The molecule has 0 spiro atoms. The van der Waals surface area contributed by atoms with E-state index in [0.717, 1.165) is 56.9 Å². The predicted molar refractivity (Wildman–Crippen MR) is 156 cm³/mol. The van der Waals surface area contributed by atoms with Gasteiger partial charge in [0, 0.05) is 31.6 Å². The van der Waals surface area contributed by atoms with Crippen molar-refractivity contribution in [1.29, 1.82) is 0 Å². The lowest BCUT2D eigenvalue weighted by Crippen LogP contribution is -2.48. The fourth-order valence-corrected chi connectivity index (χ4v) is 6.46. The molecular weight excluding hydrogens is 504 g/mol. The zero-order valence-electron chi connectivity index (χ0n) is 23.4. The minimum Gasteiger partial charge on any atom is -0.352 e. The van der Waals surface area contributed by atoms with Gasteiger partial charge in [-0.15, -0.1) is 0 Å². The molecule has 1 aliphatic heterocycles. The number of nitrogens with one attached hydrogen (secondary N) is 1. The Morgan fingerprint density at radius 2 is 1.60 bits per heavy atom. The summed E-state index contributed by atoms with van der Waals surface area (Å²) < 4.78 is 2.81. The molecule has 1 saturated heterocycles. The number of para-hydroxylation sites is 1. The van der Waals surface area contributed by atoms with E-state index in [1.807, 2.05) is 35.2 Å². The van der Waals surface area contributed by atoms with Gasteiger partial charge in [-0.3, -0.25) is 23.5 Å². The quantitative estimate of drug-likeness (QED) is 0.463. The molecule has 0 radical (unpaired) electrons. The summed E-state index contributed by atoms with van der Waals surface area (Å²) in [6.07, 6.45) is 6.98. The maximum atomic E-state index is 13.7. The van der Waals surface area contributed by atoms with Crippen LogP contribution in [0.3, 0.4) is 0 Å². The van der Waals surface area contributed by atoms with E-state index >= 15 is 0 Å². The fourth-order valence-electron chi connectivity index (χ4n) is 6.46. The summed E-state index contributed by atoms with van der Waals surface area (Å²) >= 11 is 0. The number of hydrogen-bond donors (Lipinski definition) is 1. The van der Waals surface area contributed by atoms with Crippen LogP contribution in [-0.4, -0.2) is 38.4 Å². The number of hydrogen-bond acceptors (Lipinski definition) is 4. The second-order valence-corrected chi connectivity index (χ2v) is 11.4. The fraction of sp³-hybridized carbons (Fsp3) is 0.500. The zero-order valence-corrected chi connectivity index (χ0v) is 23.4. The second-order valence-electron chi connectivity index (χ2n) is 11.4. The van der Waals surface area contributed by atoms with Crippen LogP contribution >= 0.6 is 0 Å². The molecule has 2 fully saturated rings. The maximum absolute atomic E-state index is 13.7. The first-order valence-corrected chi connectivity index (χ1v) is 14.8. The Morgan fingerprint density at radius 3 is 2.35 bits per heavy atom. The van der Waals surface area contributed by atoms with Gasteiger partial charge in [-0.1, -0.05) is 49.4 Å². The summed E-state index contributed by atoms with van der Waals surface area (Å²) in [7, 11) is 0. The predicted octanol–water partition coefficient (Wildman–Crippen LogP) is 4.08. The van der Waals surface area contributed by atoms with E-state index in [4.69, 9.17) is 0 Å². The summed E-state index contributed by atoms with van der Waals surface area (Å²) in [6, 6.07) is 17.1. The molecule has 8 heteroatoms. The van der Waals surface area contributed by atoms with Crippen molar-refractivity contribution in [2.45, 2.75) is 84.0 Å². The molecule has 1 aromatic heterocycles. The van der Waals surface area contributed by atoms with Crippen LogP contribution in [0, 0.1) is 11.8 Å². The van der Waals surface area contributed by atoms with Crippen LogP contribution in [0.2, 0.25) is 0 Å². The van der Waals surface area contributed by atoms with Gasteiger partial charge in [0.05, 0.1) is 10.9 Å². The third kappa shape index (κ3) is 6.06. The van der Waals surface area contributed by atoms with E-state index < -0.39 is 5.69 Å². The Labute approximate surface area is 235 Å². The van der Waals surface area contributed by atoms with Crippen LogP contribution < -0.4 is 16.6 Å². The van der Waals surface area contributed by atoms with Gasteiger partial charge < -0.3 is 10.2 Å². The average molecular weight is 545 g/mol. The van der Waals surface area contributed by atoms with Gasteiger partial charge in [0.15, 0.2) is 0 Å². The lowest BCUT2D eigenvalue weighted by molar-refractivity contribution is -0.135. The molecule has 1 aliphatic carbocycles. The lowest BCUT2D eigenvalue weighted by atomic mass is 9.81. The molecule has 3 aromatic rings. The first-order chi connectivity index (χ1) is 19.5. The zero-order chi connectivity index (χ0) is 28.1. The van der Waals surface area contributed by atoms with Gasteiger partial charge in [-0.05, 0) is 75.0 Å². The number of piperidine rings is 1. The Bertz CT molecular complexity index is 1450. The molecule has 2 aliphatic rings. The van der Waals surface area contributed by atoms with Crippen LogP contribution in [0.1, 0.15) is 63.9 Å². The Kier molecular flexibility index (Phi) is 8.82. The third-order valence-electron chi connectivity index (χ3n) is 8.81. The monoisotopic (exact) mass is 544 g/mol. The Morgan fingerprint density at radius 1 is 0.875 bits per heavy atom. The van der Waals surface area contributed by atoms with Crippen molar-refractivity contribution in [1.82, 2.24) is 19.4 Å². The largest absolute Gasteiger partial charge is 0.352 e. The number of carbonyl (C=O) groups is 2. The highest BCUT2D eigenvalue weighted by molar-refractivity contribution is 5.82. The molecule has 2 amide bonds. The molecule has 212 valence electrons. The molecule has 2 aromatic carbocycles. The highest BCUT2D eigenvalue weighted by Gasteiger charge is 2.29.